The van der Waals surface area contributed by atoms with Crippen LogP contribution in [-0.4, -0.2) is 37.9 Å². The summed E-state index contributed by atoms with van der Waals surface area (Å²) in [4.78, 5) is 11.5. The second-order valence-electron chi connectivity index (χ2n) is 5.20. The van der Waals surface area contributed by atoms with Gasteiger partial charge in [-0.15, -0.1) is 0 Å². The average molecular weight is 243 g/mol. The summed E-state index contributed by atoms with van der Waals surface area (Å²) >= 11 is 0. The Morgan fingerprint density at radius 3 is 2.53 bits per heavy atom. The molecule has 1 aliphatic carbocycles. The smallest absolute Gasteiger partial charge is 0.322 e. The number of carbonyl (C=O) groups excluding carboxylic acids is 1. The third-order valence-electron chi connectivity index (χ3n) is 3.84. The van der Waals surface area contributed by atoms with Crippen LogP contribution in [0.15, 0.2) is 0 Å². The molecule has 3 atom stereocenters. The minimum Gasteiger partial charge on any atom is -0.468 e. The molecule has 1 rings (SSSR count). The van der Waals surface area contributed by atoms with Crippen molar-refractivity contribution in [1.29, 1.82) is 0 Å². The number of nitrogens with one attached hydrogen (secondary N) is 1. The first-order valence-corrected chi connectivity index (χ1v) is 6.42. The largest absolute Gasteiger partial charge is 0.468 e. The van der Waals surface area contributed by atoms with Crippen molar-refractivity contribution < 1.29 is 14.3 Å². The molecule has 0 radical (unpaired) electrons. The standard InChI is InChI=1S/C13H25NO3/c1-6-9(12(15)16-5)14-10-8-11(17-7-2)13(10,3)4/h9-11,14H,6-8H2,1-5H3. The zero-order valence-corrected chi connectivity index (χ0v) is 11.6. The predicted molar refractivity (Wildman–Crippen MR) is 66.8 cm³/mol. The number of methoxy groups -OCH3 is 1. The molecule has 1 saturated carbocycles. The Kier molecular flexibility index (Phi) is 4.95. The minimum atomic E-state index is -0.202. The summed E-state index contributed by atoms with van der Waals surface area (Å²) in [6.45, 7) is 9.10. The molecule has 0 aromatic heterocycles. The van der Waals surface area contributed by atoms with Gasteiger partial charge in [0.05, 0.1) is 13.2 Å². The van der Waals surface area contributed by atoms with Crippen LogP contribution >= 0.6 is 0 Å². The molecule has 100 valence electrons. The monoisotopic (exact) mass is 243 g/mol. The molecule has 1 aliphatic rings. The third kappa shape index (κ3) is 2.99. The van der Waals surface area contributed by atoms with Gasteiger partial charge in [-0.05, 0) is 19.8 Å². The highest BCUT2D eigenvalue weighted by molar-refractivity contribution is 5.75. The van der Waals surface area contributed by atoms with Gasteiger partial charge >= 0.3 is 5.97 Å². The molecule has 3 unspecified atom stereocenters. The van der Waals surface area contributed by atoms with E-state index in [1.165, 1.54) is 7.11 Å². The van der Waals surface area contributed by atoms with E-state index in [-0.39, 0.29) is 17.4 Å². The van der Waals surface area contributed by atoms with Gasteiger partial charge in [0.1, 0.15) is 6.04 Å². The van der Waals surface area contributed by atoms with Gasteiger partial charge in [0.2, 0.25) is 0 Å². The normalized spacial score (nSPS) is 28.3. The Morgan fingerprint density at radius 2 is 2.12 bits per heavy atom. The maximum atomic E-state index is 11.5. The van der Waals surface area contributed by atoms with Crippen LogP contribution in [0.25, 0.3) is 0 Å². The minimum absolute atomic E-state index is 0.0808. The maximum absolute atomic E-state index is 11.5. The first kappa shape index (κ1) is 14.5. The molecule has 0 amide bonds. The van der Waals surface area contributed by atoms with Gasteiger partial charge < -0.3 is 14.8 Å². The van der Waals surface area contributed by atoms with Crippen molar-refractivity contribution in [3.63, 3.8) is 0 Å². The van der Waals surface area contributed by atoms with E-state index in [0.717, 1.165) is 19.4 Å². The lowest BCUT2D eigenvalue weighted by atomic mass is 9.64. The van der Waals surface area contributed by atoms with Crippen molar-refractivity contribution in [2.24, 2.45) is 5.41 Å². The lowest BCUT2D eigenvalue weighted by molar-refractivity contribution is -0.147. The summed E-state index contributed by atoms with van der Waals surface area (Å²) in [5.74, 6) is -0.178. The van der Waals surface area contributed by atoms with Crippen LogP contribution in [0.1, 0.15) is 40.5 Å². The van der Waals surface area contributed by atoms with Gasteiger partial charge in [0.25, 0.3) is 0 Å². The van der Waals surface area contributed by atoms with E-state index in [0.29, 0.717) is 12.1 Å². The first-order chi connectivity index (χ1) is 7.97. The fraction of sp³-hybridized carbons (Fsp3) is 0.923. The van der Waals surface area contributed by atoms with Crippen LogP contribution in [-0.2, 0) is 14.3 Å². The van der Waals surface area contributed by atoms with E-state index in [1.54, 1.807) is 0 Å². The van der Waals surface area contributed by atoms with Gasteiger partial charge in [-0.2, -0.15) is 0 Å². The van der Waals surface area contributed by atoms with Gasteiger partial charge in [-0.3, -0.25) is 4.79 Å². The SMILES string of the molecule is CCOC1CC(NC(CC)C(=O)OC)C1(C)C. The number of hydrogen-bond donors (Lipinski definition) is 1. The highest BCUT2D eigenvalue weighted by atomic mass is 16.5. The Bertz CT molecular complexity index is 265. The quantitative estimate of drug-likeness (QED) is 0.722. The van der Waals surface area contributed by atoms with E-state index < -0.39 is 0 Å². The van der Waals surface area contributed by atoms with Gasteiger partial charge in [0.15, 0.2) is 0 Å². The summed E-state index contributed by atoms with van der Waals surface area (Å²) in [6.07, 6.45) is 2.01. The van der Waals surface area contributed by atoms with Crippen molar-refractivity contribution >= 4 is 5.97 Å². The molecule has 0 saturated heterocycles. The zero-order chi connectivity index (χ0) is 13.1. The first-order valence-electron chi connectivity index (χ1n) is 6.42. The molecular weight excluding hydrogens is 218 g/mol. The molecule has 4 heteroatoms. The van der Waals surface area contributed by atoms with E-state index >= 15 is 0 Å². The van der Waals surface area contributed by atoms with Crippen LogP contribution in [0.3, 0.4) is 0 Å². The van der Waals surface area contributed by atoms with Crippen LogP contribution in [0.2, 0.25) is 0 Å². The lowest BCUT2D eigenvalue weighted by Crippen LogP contribution is -2.63. The van der Waals surface area contributed by atoms with Crippen LogP contribution in [0, 0.1) is 5.41 Å². The second-order valence-corrected chi connectivity index (χ2v) is 5.20. The number of rotatable bonds is 6. The molecule has 4 nitrogen and oxygen atoms in total. The molecule has 0 aliphatic heterocycles. The number of esters is 1. The van der Waals surface area contributed by atoms with Crippen LogP contribution < -0.4 is 5.32 Å². The molecule has 0 bridgehead atoms. The lowest BCUT2D eigenvalue weighted by Gasteiger charge is -2.52. The van der Waals surface area contributed by atoms with Crippen molar-refractivity contribution in [1.82, 2.24) is 5.32 Å². The topological polar surface area (TPSA) is 47.6 Å². The van der Waals surface area contributed by atoms with E-state index in [2.05, 4.69) is 19.2 Å². The Balaban J connectivity index is 2.51. The maximum Gasteiger partial charge on any atom is 0.322 e. The molecular formula is C13H25NO3. The van der Waals surface area contributed by atoms with Gasteiger partial charge in [-0.1, -0.05) is 20.8 Å². The Labute approximate surface area is 104 Å². The number of carbonyl (C=O) groups is 1. The summed E-state index contributed by atoms with van der Waals surface area (Å²) in [5.41, 5.74) is 0.0808. The van der Waals surface area contributed by atoms with Crippen molar-refractivity contribution in [2.45, 2.75) is 58.7 Å². The van der Waals surface area contributed by atoms with Crippen molar-refractivity contribution in [2.75, 3.05) is 13.7 Å². The van der Waals surface area contributed by atoms with E-state index in [4.69, 9.17) is 9.47 Å². The molecule has 0 heterocycles. The van der Waals surface area contributed by atoms with E-state index in [9.17, 15) is 4.79 Å². The molecule has 0 aromatic rings. The fourth-order valence-corrected chi connectivity index (χ4v) is 2.39. The number of ether oxygens (including phenoxy) is 2. The molecule has 17 heavy (non-hydrogen) atoms. The Hall–Kier alpha value is -0.610. The van der Waals surface area contributed by atoms with Gasteiger partial charge in [-0.25, -0.2) is 0 Å². The van der Waals surface area contributed by atoms with Crippen LogP contribution in [0.5, 0.6) is 0 Å². The Morgan fingerprint density at radius 1 is 1.47 bits per heavy atom. The predicted octanol–water partition coefficient (Wildman–Crippen LogP) is 1.73. The summed E-state index contributed by atoms with van der Waals surface area (Å²) in [5, 5.41) is 3.38. The molecule has 1 fully saturated rings. The molecule has 0 spiro atoms. The number of hydrogen-bond acceptors (Lipinski definition) is 4. The second kappa shape index (κ2) is 5.83. The summed E-state index contributed by atoms with van der Waals surface area (Å²) < 4.78 is 10.5. The third-order valence-corrected chi connectivity index (χ3v) is 3.84. The highest BCUT2D eigenvalue weighted by Gasteiger charge is 2.49. The van der Waals surface area contributed by atoms with Gasteiger partial charge in [0, 0.05) is 18.1 Å². The summed E-state index contributed by atoms with van der Waals surface area (Å²) in [7, 11) is 1.43. The van der Waals surface area contributed by atoms with Crippen LogP contribution in [0.4, 0.5) is 0 Å². The summed E-state index contributed by atoms with van der Waals surface area (Å²) in [6, 6.07) is 0.120. The fourth-order valence-electron chi connectivity index (χ4n) is 2.39. The highest BCUT2D eigenvalue weighted by Crippen LogP contribution is 2.43. The van der Waals surface area contributed by atoms with Crippen molar-refractivity contribution in [3.05, 3.63) is 0 Å². The van der Waals surface area contributed by atoms with E-state index in [1.807, 2.05) is 13.8 Å². The average Bonchev–Trinajstić information content (AvgIpc) is 2.32. The van der Waals surface area contributed by atoms with Crippen molar-refractivity contribution in [3.8, 4) is 0 Å². The molecule has 0 aromatic carbocycles. The molecule has 1 N–H and O–H groups in total. The zero-order valence-electron chi connectivity index (χ0n) is 11.6.